The van der Waals surface area contributed by atoms with E-state index in [9.17, 15) is 0 Å². The van der Waals surface area contributed by atoms with Crippen molar-refractivity contribution in [2.24, 2.45) is 0 Å². The van der Waals surface area contributed by atoms with Crippen LogP contribution in [-0.4, -0.2) is 0 Å². The zero-order chi connectivity index (χ0) is 19.9. The summed E-state index contributed by atoms with van der Waals surface area (Å²) in [5.41, 5.74) is 7.68. The van der Waals surface area contributed by atoms with Gasteiger partial charge < -0.3 is 0 Å². The lowest BCUT2D eigenvalue weighted by atomic mass is 9.92. The molecule has 148 valence electrons. The largest absolute Gasteiger partial charge is 0.0990 e. The molecular weight excluding hydrogens is 324 g/mol. The lowest BCUT2D eigenvalue weighted by Gasteiger charge is -2.11. The van der Waals surface area contributed by atoms with Crippen molar-refractivity contribution in [3.05, 3.63) is 107 Å². The maximum Gasteiger partial charge on any atom is -0.00333 e. The van der Waals surface area contributed by atoms with Gasteiger partial charge in [-0.2, -0.15) is 0 Å². The van der Waals surface area contributed by atoms with Gasteiger partial charge in [-0.1, -0.05) is 116 Å². The van der Waals surface area contributed by atoms with E-state index in [-0.39, 0.29) is 7.43 Å². The third-order valence-electron chi connectivity index (χ3n) is 3.92. The lowest BCUT2D eigenvalue weighted by molar-refractivity contribution is 1.21. The van der Waals surface area contributed by atoms with Crippen LogP contribution in [0.15, 0.2) is 107 Å². The van der Waals surface area contributed by atoms with Crippen molar-refractivity contribution in [3.63, 3.8) is 0 Å². The first-order valence-electron chi connectivity index (χ1n) is 9.88. The standard InChI is InChI=1S/C22H24.2C2H6.CH4/c1-5-9-14-17(13-6-2)22-18(7-3)20-15-11-10-12-16-21(20)19(22)8-4;2*1-2;/h6-15H,2-3,5,16H2,1,4H3;2*1-2H3;1H4/b14-9-,17-13-,19-8-;;;. The van der Waals surface area contributed by atoms with E-state index in [2.05, 4.69) is 75.6 Å². The average Bonchev–Trinajstić information content (AvgIpc) is 2.83. The Morgan fingerprint density at radius 1 is 1.11 bits per heavy atom. The summed E-state index contributed by atoms with van der Waals surface area (Å²) in [6.45, 7) is 20.2. The molecule has 0 bridgehead atoms. The van der Waals surface area contributed by atoms with Crippen molar-refractivity contribution < 1.29 is 0 Å². The van der Waals surface area contributed by atoms with Crippen molar-refractivity contribution in [1.82, 2.24) is 0 Å². The molecule has 2 aliphatic carbocycles. The molecule has 0 aromatic carbocycles. The first kappa shape index (κ1) is 26.9. The summed E-state index contributed by atoms with van der Waals surface area (Å²) in [5.74, 6) is 0. The second-order valence-electron chi connectivity index (χ2n) is 5.25. The summed E-state index contributed by atoms with van der Waals surface area (Å²) < 4.78 is 0. The zero-order valence-corrected chi connectivity index (χ0v) is 17.6. The van der Waals surface area contributed by atoms with Gasteiger partial charge in [0.05, 0.1) is 0 Å². The van der Waals surface area contributed by atoms with Crippen LogP contribution in [0.25, 0.3) is 0 Å². The van der Waals surface area contributed by atoms with E-state index >= 15 is 0 Å². The first-order chi connectivity index (χ1) is 12.8. The number of allylic oxidation sites excluding steroid dienone is 16. The van der Waals surface area contributed by atoms with Gasteiger partial charge in [-0.25, -0.2) is 0 Å². The molecule has 0 radical (unpaired) electrons. The molecule has 0 amide bonds. The highest BCUT2D eigenvalue weighted by molar-refractivity contribution is 5.76. The second-order valence-corrected chi connectivity index (χ2v) is 5.25. The molecule has 0 spiro atoms. The Kier molecular flexibility index (Phi) is 15.8. The van der Waals surface area contributed by atoms with Gasteiger partial charge in [0.15, 0.2) is 0 Å². The van der Waals surface area contributed by atoms with Gasteiger partial charge in [-0.3, -0.25) is 0 Å². The van der Waals surface area contributed by atoms with E-state index in [1.54, 1.807) is 0 Å². The molecule has 0 unspecified atom stereocenters. The van der Waals surface area contributed by atoms with Crippen LogP contribution >= 0.6 is 0 Å². The molecule has 2 aliphatic rings. The molecule has 0 saturated carbocycles. The summed E-state index contributed by atoms with van der Waals surface area (Å²) in [6, 6.07) is 0. The van der Waals surface area contributed by atoms with Gasteiger partial charge in [0.1, 0.15) is 0 Å². The number of rotatable bonds is 5. The van der Waals surface area contributed by atoms with Crippen molar-refractivity contribution in [2.45, 2.75) is 61.8 Å². The van der Waals surface area contributed by atoms with E-state index in [4.69, 9.17) is 0 Å². The monoisotopic (exact) mass is 364 g/mol. The van der Waals surface area contributed by atoms with Gasteiger partial charge in [0.2, 0.25) is 0 Å². The van der Waals surface area contributed by atoms with Crippen molar-refractivity contribution in [3.8, 4) is 0 Å². The quantitative estimate of drug-likeness (QED) is 0.427. The van der Waals surface area contributed by atoms with Crippen LogP contribution in [0.3, 0.4) is 0 Å². The van der Waals surface area contributed by atoms with Crippen molar-refractivity contribution >= 4 is 0 Å². The van der Waals surface area contributed by atoms with Crippen LogP contribution in [0.1, 0.15) is 61.8 Å². The molecule has 0 aromatic rings. The Labute approximate surface area is 169 Å². The fourth-order valence-corrected chi connectivity index (χ4v) is 3.00. The molecule has 0 atom stereocenters. The van der Waals surface area contributed by atoms with E-state index in [0.717, 1.165) is 12.8 Å². The van der Waals surface area contributed by atoms with Gasteiger partial charge >= 0.3 is 0 Å². The molecule has 2 rings (SSSR count). The Hall–Kier alpha value is -2.34. The van der Waals surface area contributed by atoms with Crippen LogP contribution in [0.5, 0.6) is 0 Å². The van der Waals surface area contributed by atoms with E-state index in [1.807, 2.05) is 39.8 Å². The topological polar surface area (TPSA) is 0 Å². The fraction of sp³-hybridized carbons (Fsp3) is 0.333. The molecule has 0 saturated heterocycles. The lowest BCUT2D eigenvalue weighted by Crippen LogP contribution is -1.93. The minimum Gasteiger partial charge on any atom is -0.0990 e. The molecule has 0 heteroatoms. The van der Waals surface area contributed by atoms with Crippen molar-refractivity contribution in [2.75, 3.05) is 0 Å². The third kappa shape index (κ3) is 6.71. The predicted molar refractivity (Wildman–Crippen MR) is 128 cm³/mol. The summed E-state index contributed by atoms with van der Waals surface area (Å²) in [6.07, 6.45) is 23.1. The normalized spacial score (nSPS) is 16.8. The molecule has 0 aromatic heterocycles. The zero-order valence-electron chi connectivity index (χ0n) is 17.6. The number of hydrogen-bond acceptors (Lipinski definition) is 0. The van der Waals surface area contributed by atoms with Crippen LogP contribution in [0, 0.1) is 0 Å². The van der Waals surface area contributed by atoms with Crippen LogP contribution in [0.4, 0.5) is 0 Å². The predicted octanol–water partition coefficient (Wildman–Crippen LogP) is 9.01. The molecule has 0 nitrogen and oxygen atoms in total. The third-order valence-corrected chi connectivity index (χ3v) is 3.92. The van der Waals surface area contributed by atoms with Crippen molar-refractivity contribution in [1.29, 1.82) is 0 Å². The fourth-order valence-electron chi connectivity index (χ4n) is 3.00. The summed E-state index contributed by atoms with van der Waals surface area (Å²) in [4.78, 5) is 0. The maximum atomic E-state index is 4.06. The van der Waals surface area contributed by atoms with E-state index in [1.165, 1.54) is 33.4 Å². The maximum absolute atomic E-state index is 4.06. The minimum atomic E-state index is 0. The van der Waals surface area contributed by atoms with Crippen LogP contribution in [-0.2, 0) is 0 Å². The smallest absolute Gasteiger partial charge is 0.00333 e. The van der Waals surface area contributed by atoms with E-state index in [0.29, 0.717) is 0 Å². The highest BCUT2D eigenvalue weighted by Crippen LogP contribution is 2.44. The van der Waals surface area contributed by atoms with Crippen LogP contribution < -0.4 is 0 Å². The minimum absolute atomic E-state index is 0. The van der Waals surface area contributed by atoms with Gasteiger partial charge in [-0.15, -0.1) is 0 Å². The van der Waals surface area contributed by atoms with Gasteiger partial charge in [0.25, 0.3) is 0 Å². The van der Waals surface area contributed by atoms with Gasteiger partial charge in [-0.05, 0) is 53.2 Å². The molecule has 27 heavy (non-hydrogen) atoms. The Morgan fingerprint density at radius 3 is 2.30 bits per heavy atom. The van der Waals surface area contributed by atoms with Gasteiger partial charge in [0, 0.05) is 0 Å². The van der Waals surface area contributed by atoms with E-state index < -0.39 is 0 Å². The highest BCUT2D eigenvalue weighted by atomic mass is 14.3. The Balaban J connectivity index is 0. The molecule has 0 aliphatic heterocycles. The molecule has 0 heterocycles. The Morgan fingerprint density at radius 2 is 1.78 bits per heavy atom. The SMILES string of the molecule is C.C=C/C=C(/C=C\CC)C1=C(C=C)C2=C(CC=CC=C2)/C1=C/C.CC.CC. The average molecular weight is 365 g/mol. The second kappa shape index (κ2) is 15.9. The Bertz CT molecular complexity index is 680. The summed E-state index contributed by atoms with van der Waals surface area (Å²) >= 11 is 0. The summed E-state index contributed by atoms with van der Waals surface area (Å²) in [7, 11) is 0. The summed E-state index contributed by atoms with van der Waals surface area (Å²) in [5, 5.41) is 0. The highest BCUT2D eigenvalue weighted by Gasteiger charge is 2.26. The molecule has 0 N–H and O–H groups in total. The molecular formula is C27H40. The van der Waals surface area contributed by atoms with Crippen LogP contribution in [0.2, 0.25) is 0 Å². The number of hydrogen-bond donors (Lipinski definition) is 0. The molecule has 0 fully saturated rings. The first-order valence-corrected chi connectivity index (χ1v) is 9.88.